The minimum absolute atomic E-state index is 0. The Morgan fingerprint density at radius 1 is 0.808 bits per heavy atom. The van der Waals surface area contributed by atoms with Gasteiger partial charge in [0.05, 0.1) is 34.0 Å². The number of benzene rings is 2. The van der Waals surface area contributed by atoms with E-state index >= 15 is 0 Å². The van der Waals surface area contributed by atoms with E-state index in [2.05, 4.69) is 15.3 Å². The average Bonchev–Trinajstić information content (AvgIpc) is 2.67. The quantitative estimate of drug-likeness (QED) is 0.699. The summed E-state index contributed by atoms with van der Waals surface area (Å²) in [4.78, 5) is 8.62. The molecule has 0 fully saturated rings. The van der Waals surface area contributed by atoms with Gasteiger partial charge in [-0.15, -0.1) is 12.4 Å². The number of hydrogen-bond acceptors (Lipinski definition) is 7. The predicted octanol–water partition coefficient (Wildman–Crippen LogP) is 3.83. The highest BCUT2D eigenvalue weighted by Gasteiger charge is 2.14. The van der Waals surface area contributed by atoms with Gasteiger partial charge in [-0.2, -0.15) is 0 Å². The third-order valence-electron chi connectivity index (χ3n) is 3.77. The van der Waals surface area contributed by atoms with Crippen molar-refractivity contribution in [2.24, 2.45) is 0 Å². The summed E-state index contributed by atoms with van der Waals surface area (Å²) in [6.45, 7) is 0. The van der Waals surface area contributed by atoms with Crippen LogP contribution in [0, 0.1) is 0 Å². The fourth-order valence-corrected chi connectivity index (χ4v) is 2.55. The second-order valence-corrected chi connectivity index (χ2v) is 5.14. The Labute approximate surface area is 157 Å². The van der Waals surface area contributed by atoms with Crippen molar-refractivity contribution in [2.45, 2.75) is 0 Å². The van der Waals surface area contributed by atoms with Crippen LogP contribution < -0.4 is 24.3 Å². The molecule has 0 spiro atoms. The maximum Gasteiger partial charge on any atom is 0.203 e. The largest absolute Gasteiger partial charge is 0.497 e. The molecule has 0 amide bonds. The summed E-state index contributed by atoms with van der Waals surface area (Å²) in [6.07, 6.45) is 1.51. The number of halogens is 1. The summed E-state index contributed by atoms with van der Waals surface area (Å²) in [6, 6.07) is 9.26. The summed E-state index contributed by atoms with van der Waals surface area (Å²) in [7, 11) is 6.34. The van der Waals surface area contributed by atoms with Crippen LogP contribution in [0.1, 0.15) is 0 Å². The van der Waals surface area contributed by atoms with Crippen LogP contribution >= 0.6 is 12.4 Å². The van der Waals surface area contributed by atoms with Gasteiger partial charge in [0.1, 0.15) is 17.9 Å². The zero-order valence-corrected chi connectivity index (χ0v) is 15.7. The molecule has 3 rings (SSSR count). The van der Waals surface area contributed by atoms with Gasteiger partial charge in [-0.25, -0.2) is 9.97 Å². The maximum atomic E-state index is 5.38. The van der Waals surface area contributed by atoms with E-state index in [0.717, 1.165) is 22.3 Å². The molecule has 138 valence electrons. The standard InChI is InChI=1S/C18H19N3O4.ClH/c1-22-12-5-6-14-13(9-12)18(20-10-19-14)21-11-7-15(23-2)17(25-4)16(8-11)24-3;/h5-10H,1-4H3,(H,19,20,21);1H. The van der Waals surface area contributed by atoms with Gasteiger partial charge in [0.15, 0.2) is 11.5 Å². The molecule has 0 radical (unpaired) electrons. The van der Waals surface area contributed by atoms with Crippen LogP contribution in [0.25, 0.3) is 10.9 Å². The highest BCUT2D eigenvalue weighted by molar-refractivity contribution is 5.91. The summed E-state index contributed by atoms with van der Waals surface area (Å²) in [5, 5.41) is 4.12. The van der Waals surface area contributed by atoms with Gasteiger partial charge >= 0.3 is 0 Å². The minimum atomic E-state index is 0. The SMILES string of the molecule is COc1ccc2ncnc(Nc3cc(OC)c(OC)c(OC)c3)c2c1.Cl. The number of nitrogens with zero attached hydrogens (tertiary/aromatic N) is 2. The Balaban J connectivity index is 0.00000243. The van der Waals surface area contributed by atoms with Gasteiger partial charge < -0.3 is 24.3 Å². The molecule has 0 aliphatic heterocycles. The van der Waals surface area contributed by atoms with Gasteiger partial charge in [0.25, 0.3) is 0 Å². The van der Waals surface area contributed by atoms with E-state index in [-0.39, 0.29) is 12.4 Å². The third-order valence-corrected chi connectivity index (χ3v) is 3.77. The molecule has 7 nitrogen and oxygen atoms in total. The molecule has 0 saturated carbocycles. The van der Waals surface area contributed by atoms with Crippen molar-refractivity contribution in [3.63, 3.8) is 0 Å². The van der Waals surface area contributed by atoms with Crippen molar-refractivity contribution in [1.82, 2.24) is 9.97 Å². The monoisotopic (exact) mass is 377 g/mol. The number of hydrogen-bond donors (Lipinski definition) is 1. The van der Waals surface area contributed by atoms with E-state index in [1.54, 1.807) is 28.4 Å². The van der Waals surface area contributed by atoms with Crippen molar-refractivity contribution in [1.29, 1.82) is 0 Å². The highest BCUT2D eigenvalue weighted by atomic mass is 35.5. The van der Waals surface area contributed by atoms with Crippen LogP contribution in [0.4, 0.5) is 11.5 Å². The lowest BCUT2D eigenvalue weighted by atomic mass is 10.2. The van der Waals surface area contributed by atoms with Gasteiger partial charge in [-0.3, -0.25) is 0 Å². The number of nitrogens with one attached hydrogen (secondary N) is 1. The first kappa shape index (κ1) is 19.4. The topological polar surface area (TPSA) is 74.7 Å². The van der Waals surface area contributed by atoms with Crippen LogP contribution in [0.15, 0.2) is 36.7 Å². The van der Waals surface area contributed by atoms with Gasteiger partial charge in [0, 0.05) is 23.2 Å². The number of rotatable bonds is 6. The zero-order valence-electron chi connectivity index (χ0n) is 14.9. The van der Waals surface area contributed by atoms with Crippen molar-refractivity contribution < 1.29 is 18.9 Å². The molecule has 1 N–H and O–H groups in total. The van der Waals surface area contributed by atoms with Gasteiger partial charge in [-0.05, 0) is 18.2 Å². The van der Waals surface area contributed by atoms with Gasteiger partial charge in [-0.1, -0.05) is 0 Å². The molecule has 0 bridgehead atoms. The Morgan fingerprint density at radius 3 is 2.08 bits per heavy atom. The summed E-state index contributed by atoms with van der Waals surface area (Å²) in [5.74, 6) is 3.03. The minimum Gasteiger partial charge on any atom is -0.497 e. The summed E-state index contributed by atoms with van der Waals surface area (Å²) < 4.78 is 21.4. The van der Waals surface area contributed by atoms with Crippen molar-refractivity contribution in [3.8, 4) is 23.0 Å². The lowest BCUT2D eigenvalue weighted by Gasteiger charge is -2.15. The second kappa shape index (κ2) is 8.44. The van der Waals surface area contributed by atoms with E-state index < -0.39 is 0 Å². The van der Waals surface area contributed by atoms with E-state index in [9.17, 15) is 0 Å². The molecule has 0 unspecified atom stereocenters. The van der Waals surface area contributed by atoms with Crippen molar-refractivity contribution >= 4 is 34.8 Å². The Morgan fingerprint density at radius 2 is 1.50 bits per heavy atom. The van der Waals surface area contributed by atoms with Crippen LogP contribution in [0.3, 0.4) is 0 Å². The lowest BCUT2D eigenvalue weighted by molar-refractivity contribution is 0.324. The molecule has 2 aromatic carbocycles. The smallest absolute Gasteiger partial charge is 0.203 e. The van der Waals surface area contributed by atoms with Crippen molar-refractivity contribution in [3.05, 3.63) is 36.7 Å². The molecule has 8 heteroatoms. The lowest BCUT2D eigenvalue weighted by Crippen LogP contribution is -2.00. The third kappa shape index (κ3) is 3.67. The Kier molecular flexibility index (Phi) is 6.30. The molecule has 0 saturated heterocycles. The van der Waals surface area contributed by atoms with Gasteiger partial charge in [0.2, 0.25) is 5.75 Å². The Bertz CT molecular complexity index is 880. The van der Waals surface area contributed by atoms with Crippen LogP contribution in [-0.2, 0) is 0 Å². The summed E-state index contributed by atoms with van der Waals surface area (Å²) >= 11 is 0. The normalized spacial score (nSPS) is 10.0. The average molecular weight is 378 g/mol. The van der Waals surface area contributed by atoms with E-state index in [0.29, 0.717) is 23.1 Å². The van der Waals surface area contributed by atoms with E-state index in [4.69, 9.17) is 18.9 Å². The molecular weight excluding hydrogens is 358 g/mol. The number of aromatic nitrogens is 2. The molecule has 0 aliphatic carbocycles. The number of methoxy groups -OCH3 is 4. The van der Waals surface area contributed by atoms with E-state index in [1.807, 2.05) is 30.3 Å². The Hall–Kier alpha value is -2.93. The second-order valence-electron chi connectivity index (χ2n) is 5.14. The predicted molar refractivity (Wildman–Crippen MR) is 103 cm³/mol. The number of anilines is 2. The number of fused-ring (bicyclic) bond motifs is 1. The zero-order chi connectivity index (χ0) is 17.8. The van der Waals surface area contributed by atoms with Crippen molar-refractivity contribution in [2.75, 3.05) is 33.8 Å². The first-order valence-corrected chi connectivity index (χ1v) is 7.56. The molecule has 26 heavy (non-hydrogen) atoms. The van der Waals surface area contributed by atoms with Crippen LogP contribution in [0.5, 0.6) is 23.0 Å². The molecule has 1 heterocycles. The van der Waals surface area contributed by atoms with E-state index in [1.165, 1.54) is 6.33 Å². The van der Waals surface area contributed by atoms with Crippen LogP contribution in [-0.4, -0.2) is 38.4 Å². The fraction of sp³-hybridized carbons (Fsp3) is 0.222. The highest BCUT2D eigenvalue weighted by Crippen LogP contribution is 2.41. The first-order chi connectivity index (χ1) is 12.2. The molecule has 1 aromatic heterocycles. The molecule has 0 aliphatic rings. The molecule has 0 atom stereocenters. The maximum absolute atomic E-state index is 5.38. The summed E-state index contributed by atoms with van der Waals surface area (Å²) in [5.41, 5.74) is 1.56. The fourth-order valence-electron chi connectivity index (χ4n) is 2.55. The molecular formula is C18H20ClN3O4. The van der Waals surface area contributed by atoms with Crippen LogP contribution in [0.2, 0.25) is 0 Å². The molecule has 3 aromatic rings. The first-order valence-electron chi connectivity index (χ1n) is 7.56. The number of ether oxygens (including phenoxy) is 4.